The highest BCUT2D eigenvalue weighted by Gasteiger charge is 2.10. The number of anilines is 1. The number of nitrogens with one attached hydrogen (secondary N) is 1. The van der Waals surface area contributed by atoms with E-state index >= 15 is 0 Å². The normalized spacial score (nSPS) is 10.9. The fourth-order valence-corrected chi connectivity index (χ4v) is 3.05. The largest absolute Gasteiger partial charge is 0.298 e. The van der Waals surface area contributed by atoms with E-state index in [0.717, 1.165) is 21.7 Å². The van der Waals surface area contributed by atoms with Gasteiger partial charge in [-0.15, -0.1) is 11.3 Å². The van der Waals surface area contributed by atoms with E-state index in [1.807, 2.05) is 37.3 Å². The summed E-state index contributed by atoms with van der Waals surface area (Å²) in [5.41, 5.74) is 2.65. The lowest BCUT2D eigenvalue weighted by atomic mass is 10.1. The Morgan fingerprint density at radius 2 is 1.83 bits per heavy atom. The molecule has 0 aliphatic carbocycles. The number of carbonyl (C=O) groups excluding carboxylic acids is 1. The minimum atomic E-state index is -0.302. The molecule has 24 heavy (non-hydrogen) atoms. The molecular weight excluding hydrogens is 323 g/mol. The van der Waals surface area contributed by atoms with Crippen molar-refractivity contribution in [2.24, 2.45) is 0 Å². The lowest BCUT2D eigenvalue weighted by Gasteiger charge is -1.97. The second-order valence-electron chi connectivity index (χ2n) is 5.16. The van der Waals surface area contributed by atoms with Crippen molar-refractivity contribution in [3.63, 3.8) is 0 Å². The predicted octanol–water partition coefficient (Wildman–Crippen LogP) is 4.91. The second-order valence-corrected chi connectivity index (χ2v) is 6.37. The monoisotopic (exact) mass is 338 g/mol. The van der Waals surface area contributed by atoms with E-state index < -0.39 is 0 Å². The van der Waals surface area contributed by atoms with Crippen molar-refractivity contribution in [3.05, 3.63) is 76.9 Å². The summed E-state index contributed by atoms with van der Waals surface area (Å²) >= 11 is 1.43. The maximum Gasteiger partial charge on any atom is 0.250 e. The quantitative estimate of drug-likeness (QED) is 0.687. The molecule has 1 aromatic heterocycles. The smallest absolute Gasteiger partial charge is 0.250 e. The molecular formula is C19H15FN2OS. The summed E-state index contributed by atoms with van der Waals surface area (Å²) in [4.78, 5) is 17.5. The van der Waals surface area contributed by atoms with E-state index in [0.29, 0.717) is 5.13 Å². The van der Waals surface area contributed by atoms with Crippen LogP contribution in [0.1, 0.15) is 10.4 Å². The number of thiazole rings is 1. The number of hydrogen-bond acceptors (Lipinski definition) is 3. The van der Waals surface area contributed by atoms with Crippen LogP contribution in [0.4, 0.5) is 9.52 Å². The molecule has 0 saturated carbocycles. The number of amides is 1. The SMILES string of the molecule is Cc1sc(NC(=O)/C=C/c2ccc(F)cc2)nc1-c1ccccc1. The topological polar surface area (TPSA) is 42.0 Å². The molecule has 2 aromatic carbocycles. The molecule has 0 saturated heterocycles. The molecule has 3 aromatic rings. The average molecular weight is 338 g/mol. The van der Waals surface area contributed by atoms with Crippen molar-refractivity contribution in [2.75, 3.05) is 5.32 Å². The maximum atomic E-state index is 12.8. The summed E-state index contributed by atoms with van der Waals surface area (Å²) in [6, 6.07) is 15.8. The van der Waals surface area contributed by atoms with Crippen molar-refractivity contribution in [2.45, 2.75) is 6.92 Å². The molecule has 0 aliphatic heterocycles. The predicted molar refractivity (Wildman–Crippen MR) is 96.4 cm³/mol. The molecule has 0 bridgehead atoms. The highest BCUT2D eigenvalue weighted by molar-refractivity contribution is 7.16. The van der Waals surface area contributed by atoms with Gasteiger partial charge in [0.1, 0.15) is 5.82 Å². The number of nitrogens with zero attached hydrogens (tertiary/aromatic N) is 1. The van der Waals surface area contributed by atoms with Gasteiger partial charge in [-0.2, -0.15) is 0 Å². The highest BCUT2D eigenvalue weighted by atomic mass is 32.1. The molecule has 3 nitrogen and oxygen atoms in total. The third kappa shape index (κ3) is 3.94. The lowest BCUT2D eigenvalue weighted by Crippen LogP contribution is -2.07. The van der Waals surface area contributed by atoms with Gasteiger partial charge in [-0.25, -0.2) is 9.37 Å². The minimum absolute atomic E-state index is 0.271. The number of aromatic nitrogens is 1. The molecule has 3 rings (SSSR count). The standard InChI is InChI=1S/C19H15FN2OS/c1-13-18(15-5-3-2-4-6-15)22-19(24-13)21-17(23)12-9-14-7-10-16(20)11-8-14/h2-12H,1H3,(H,21,22,23)/b12-9+. The van der Waals surface area contributed by atoms with Crippen LogP contribution in [0.5, 0.6) is 0 Å². The van der Waals surface area contributed by atoms with Crippen molar-refractivity contribution in [1.82, 2.24) is 4.98 Å². The van der Waals surface area contributed by atoms with E-state index in [1.54, 1.807) is 18.2 Å². The highest BCUT2D eigenvalue weighted by Crippen LogP contribution is 2.30. The Morgan fingerprint density at radius 1 is 1.12 bits per heavy atom. The van der Waals surface area contributed by atoms with E-state index in [2.05, 4.69) is 10.3 Å². The number of rotatable bonds is 4. The number of carbonyl (C=O) groups is 1. The van der Waals surface area contributed by atoms with Crippen LogP contribution in [0.3, 0.4) is 0 Å². The zero-order valence-electron chi connectivity index (χ0n) is 13.0. The number of aryl methyl sites for hydroxylation is 1. The Balaban J connectivity index is 1.70. The van der Waals surface area contributed by atoms with Gasteiger partial charge in [0.15, 0.2) is 5.13 Å². The Kier molecular flexibility index (Phi) is 4.82. The van der Waals surface area contributed by atoms with Gasteiger partial charge in [0.25, 0.3) is 0 Å². The number of hydrogen-bond donors (Lipinski definition) is 1. The van der Waals surface area contributed by atoms with Crippen LogP contribution in [0, 0.1) is 12.7 Å². The lowest BCUT2D eigenvalue weighted by molar-refractivity contribution is -0.111. The Hall–Kier alpha value is -2.79. The van der Waals surface area contributed by atoms with Crippen LogP contribution in [0.2, 0.25) is 0 Å². The molecule has 1 amide bonds. The molecule has 5 heteroatoms. The van der Waals surface area contributed by atoms with Gasteiger partial charge in [0.2, 0.25) is 5.91 Å². The van der Waals surface area contributed by atoms with Gasteiger partial charge < -0.3 is 0 Å². The van der Waals surface area contributed by atoms with E-state index in [-0.39, 0.29) is 11.7 Å². The molecule has 0 atom stereocenters. The average Bonchev–Trinajstić information content (AvgIpc) is 2.95. The molecule has 120 valence electrons. The van der Waals surface area contributed by atoms with Crippen molar-refractivity contribution in [3.8, 4) is 11.3 Å². The second kappa shape index (κ2) is 7.19. The molecule has 0 unspecified atom stereocenters. The summed E-state index contributed by atoms with van der Waals surface area (Å²) < 4.78 is 12.8. The van der Waals surface area contributed by atoms with Crippen LogP contribution in [0.25, 0.3) is 17.3 Å². The molecule has 1 N–H and O–H groups in total. The number of halogens is 1. The van der Waals surface area contributed by atoms with Gasteiger partial charge >= 0.3 is 0 Å². The molecule has 0 spiro atoms. The third-order valence-corrected chi connectivity index (χ3v) is 4.26. The van der Waals surface area contributed by atoms with Crippen LogP contribution >= 0.6 is 11.3 Å². The first-order valence-corrected chi connectivity index (χ1v) is 8.21. The summed E-state index contributed by atoms with van der Waals surface area (Å²) in [7, 11) is 0. The van der Waals surface area contributed by atoms with Crippen molar-refractivity contribution in [1.29, 1.82) is 0 Å². The number of benzene rings is 2. The maximum absolute atomic E-state index is 12.8. The molecule has 1 heterocycles. The first kappa shape index (κ1) is 16.1. The fourth-order valence-electron chi connectivity index (χ4n) is 2.21. The zero-order chi connectivity index (χ0) is 16.9. The Labute approximate surface area is 143 Å². The molecule has 0 fully saturated rings. The Bertz CT molecular complexity index is 870. The van der Waals surface area contributed by atoms with Gasteiger partial charge in [0, 0.05) is 16.5 Å². The zero-order valence-corrected chi connectivity index (χ0v) is 13.8. The van der Waals surface area contributed by atoms with Crippen LogP contribution < -0.4 is 5.32 Å². The van der Waals surface area contributed by atoms with E-state index in [1.165, 1.54) is 29.5 Å². The fraction of sp³-hybridized carbons (Fsp3) is 0.0526. The third-order valence-electron chi connectivity index (χ3n) is 3.37. The van der Waals surface area contributed by atoms with Gasteiger partial charge in [-0.05, 0) is 30.7 Å². The molecule has 0 radical (unpaired) electrons. The van der Waals surface area contributed by atoms with Gasteiger partial charge in [-0.3, -0.25) is 10.1 Å². The van der Waals surface area contributed by atoms with E-state index in [9.17, 15) is 9.18 Å². The van der Waals surface area contributed by atoms with Gasteiger partial charge in [-0.1, -0.05) is 42.5 Å². The van der Waals surface area contributed by atoms with Crippen LogP contribution in [-0.4, -0.2) is 10.9 Å². The first-order valence-electron chi connectivity index (χ1n) is 7.39. The van der Waals surface area contributed by atoms with Gasteiger partial charge in [0.05, 0.1) is 5.69 Å². The van der Waals surface area contributed by atoms with Crippen molar-refractivity contribution < 1.29 is 9.18 Å². The summed E-state index contributed by atoms with van der Waals surface area (Å²) in [6.45, 7) is 1.98. The Morgan fingerprint density at radius 3 is 2.54 bits per heavy atom. The summed E-state index contributed by atoms with van der Waals surface area (Å²) in [6.07, 6.45) is 3.04. The minimum Gasteiger partial charge on any atom is -0.298 e. The summed E-state index contributed by atoms with van der Waals surface area (Å²) in [5.74, 6) is -0.573. The first-order chi connectivity index (χ1) is 11.6. The molecule has 0 aliphatic rings. The van der Waals surface area contributed by atoms with Crippen molar-refractivity contribution >= 4 is 28.5 Å². The summed E-state index contributed by atoms with van der Waals surface area (Å²) in [5, 5.41) is 3.32. The van der Waals surface area contributed by atoms with Crippen LogP contribution in [-0.2, 0) is 4.79 Å². The van der Waals surface area contributed by atoms with Crippen LogP contribution in [0.15, 0.2) is 60.7 Å². The van der Waals surface area contributed by atoms with E-state index in [4.69, 9.17) is 0 Å².